The van der Waals surface area contributed by atoms with Gasteiger partial charge in [0.05, 0.1) is 10.9 Å². The molecular weight excluding hydrogens is 476 g/mol. The van der Waals surface area contributed by atoms with Gasteiger partial charge in [-0.2, -0.15) is 0 Å². The molecule has 202 valence electrons. The summed E-state index contributed by atoms with van der Waals surface area (Å²) in [5.41, 5.74) is 4.61. The van der Waals surface area contributed by atoms with Gasteiger partial charge in [-0.1, -0.05) is 37.3 Å². The molecule has 0 N–H and O–H groups in total. The smallest absolute Gasteiger partial charge is 0.329 e. The second kappa shape index (κ2) is 11.4. The number of nitrogens with zero attached hydrogens (tertiary/aromatic N) is 2. The van der Waals surface area contributed by atoms with E-state index in [0.29, 0.717) is 17.6 Å². The summed E-state index contributed by atoms with van der Waals surface area (Å²) in [5, 5.41) is 2.21. The fourth-order valence-electron chi connectivity index (χ4n) is 5.51. The molecule has 0 spiro atoms. The molecule has 1 unspecified atom stereocenters. The van der Waals surface area contributed by atoms with Crippen LogP contribution in [0.5, 0.6) is 0 Å². The maximum Gasteiger partial charge on any atom is 0.329 e. The van der Waals surface area contributed by atoms with Gasteiger partial charge in [0.25, 0.3) is 0 Å². The molecule has 6 heteroatoms. The molecule has 6 nitrogen and oxygen atoms in total. The van der Waals surface area contributed by atoms with Gasteiger partial charge in [-0.25, -0.2) is 5.06 Å². The highest BCUT2D eigenvalue weighted by Crippen LogP contribution is 2.39. The van der Waals surface area contributed by atoms with E-state index in [4.69, 9.17) is 4.84 Å². The first kappa shape index (κ1) is 28.9. The molecule has 0 saturated carbocycles. The third-order valence-corrected chi connectivity index (χ3v) is 7.80. The number of allylic oxidation sites excluding steroid dienone is 6. The Labute approximate surface area is 226 Å². The maximum absolute atomic E-state index is 13.8. The third kappa shape index (κ3) is 5.45. The van der Waals surface area contributed by atoms with Crippen LogP contribution in [0.4, 0.5) is 0 Å². The van der Waals surface area contributed by atoms with E-state index in [9.17, 15) is 14.4 Å². The molecule has 0 saturated heterocycles. The standard InChI is InChI=1S/C32H40N2O4/c1-10-25(31(37)32(8)15-13-12-14-22(32)5)17-27-23(6)34(11-2)29-20(3)16-26(18-28(27)29)30(36)21(4)19-33(9)38-24(7)35/h10,12-16,18-19,22,25H,1,11,17H2,2-9H3/b21-19-/t22-,25?,32-/m0/s1. The van der Waals surface area contributed by atoms with Gasteiger partial charge in [0, 0.05) is 54.9 Å². The molecule has 2 aromatic rings. The quantitative estimate of drug-likeness (QED) is 0.157. The lowest BCUT2D eigenvalue weighted by atomic mass is 9.68. The zero-order valence-corrected chi connectivity index (χ0v) is 23.9. The minimum atomic E-state index is -0.600. The van der Waals surface area contributed by atoms with Crippen molar-refractivity contribution in [2.24, 2.45) is 17.3 Å². The van der Waals surface area contributed by atoms with Crippen molar-refractivity contribution in [1.82, 2.24) is 9.63 Å². The highest BCUT2D eigenvalue weighted by Gasteiger charge is 2.39. The van der Waals surface area contributed by atoms with E-state index in [1.807, 2.05) is 44.2 Å². The van der Waals surface area contributed by atoms with Gasteiger partial charge in [0.15, 0.2) is 5.78 Å². The normalized spacial score (nSPS) is 19.9. The summed E-state index contributed by atoms with van der Waals surface area (Å²) < 4.78 is 2.25. The number of aromatic nitrogens is 1. The number of hydrogen-bond acceptors (Lipinski definition) is 5. The van der Waals surface area contributed by atoms with Crippen LogP contribution in [0.15, 0.2) is 60.9 Å². The van der Waals surface area contributed by atoms with Gasteiger partial charge in [-0.3, -0.25) is 14.4 Å². The van der Waals surface area contributed by atoms with Gasteiger partial charge < -0.3 is 9.40 Å². The lowest BCUT2D eigenvalue weighted by Crippen LogP contribution is -2.37. The van der Waals surface area contributed by atoms with Crippen LogP contribution >= 0.6 is 0 Å². The molecule has 1 aromatic carbocycles. The summed E-state index contributed by atoms with van der Waals surface area (Å²) in [5.74, 6) is -0.748. The average molecular weight is 517 g/mol. The number of fused-ring (bicyclic) bond motifs is 1. The Balaban J connectivity index is 2.08. The van der Waals surface area contributed by atoms with Crippen molar-refractivity contribution >= 4 is 28.4 Å². The molecule has 38 heavy (non-hydrogen) atoms. The van der Waals surface area contributed by atoms with Crippen LogP contribution in [0, 0.1) is 31.1 Å². The highest BCUT2D eigenvalue weighted by atomic mass is 16.7. The SMILES string of the molecule is C=CC(Cc1c(C)n(CC)c2c(C)cc(C(=O)/C(C)=C\N(C)OC(C)=O)cc12)C(=O)[C@@]1(C)C=CC=C[C@@H]1C. The summed E-state index contributed by atoms with van der Waals surface area (Å²) in [7, 11) is 1.57. The van der Waals surface area contributed by atoms with Gasteiger partial charge in [-0.05, 0) is 70.2 Å². The number of rotatable bonds is 10. The Kier molecular flexibility index (Phi) is 8.65. The van der Waals surface area contributed by atoms with E-state index in [0.717, 1.165) is 34.3 Å². The molecule has 3 rings (SSSR count). The second-order valence-electron chi connectivity index (χ2n) is 10.5. The molecular formula is C32H40N2O4. The minimum Gasteiger partial charge on any atom is -0.345 e. The average Bonchev–Trinajstić information content (AvgIpc) is 3.13. The van der Waals surface area contributed by atoms with Crippen LogP contribution in [-0.4, -0.2) is 34.2 Å². The van der Waals surface area contributed by atoms with Gasteiger partial charge in [-0.15, -0.1) is 6.58 Å². The van der Waals surface area contributed by atoms with E-state index in [1.54, 1.807) is 20.0 Å². The fraction of sp³-hybridized carbons (Fsp3) is 0.406. The zero-order valence-electron chi connectivity index (χ0n) is 23.9. The van der Waals surface area contributed by atoms with Crippen molar-refractivity contribution in [2.45, 2.75) is 61.4 Å². The predicted molar refractivity (Wildman–Crippen MR) is 153 cm³/mol. The summed E-state index contributed by atoms with van der Waals surface area (Å²) in [6.07, 6.45) is 11.8. The van der Waals surface area contributed by atoms with Crippen LogP contribution in [-0.2, 0) is 27.4 Å². The molecule has 1 aromatic heterocycles. The molecule has 3 atom stereocenters. The van der Waals surface area contributed by atoms with Crippen LogP contribution < -0.4 is 0 Å². The number of benzene rings is 1. The van der Waals surface area contributed by atoms with Gasteiger partial charge >= 0.3 is 5.97 Å². The van der Waals surface area contributed by atoms with E-state index < -0.39 is 11.4 Å². The maximum atomic E-state index is 13.8. The van der Waals surface area contributed by atoms with Crippen LogP contribution in [0.3, 0.4) is 0 Å². The molecule has 0 bridgehead atoms. The van der Waals surface area contributed by atoms with E-state index in [-0.39, 0.29) is 23.4 Å². The number of hydrogen-bond donors (Lipinski definition) is 0. The van der Waals surface area contributed by atoms with Crippen molar-refractivity contribution in [3.63, 3.8) is 0 Å². The summed E-state index contributed by atoms with van der Waals surface area (Å²) >= 11 is 0. The topological polar surface area (TPSA) is 68.6 Å². The first-order valence-corrected chi connectivity index (χ1v) is 13.1. The summed E-state index contributed by atoms with van der Waals surface area (Å²) in [4.78, 5) is 43.5. The lowest BCUT2D eigenvalue weighted by Gasteiger charge is -2.34. The largest absolute Gasteiger partial charge is 0.345 e. The second-order valence-corrected chi connectivity index (χ2v) is 10.5. The van der Waals surface area contributed by atoms with Gasteiger partial charge in [0.1, 0.15) is 5.78 Å². The Morgan fingerprint density at radius 3 is 2.47 bits per heavy atom. The predicted octanol–water partition coefficient (Wildman–Crippen LogP) is 6.46. The van der Waals surface area contributed by atoms with Crippen molar-refractivity contribution in [3.05, 3.63) is 83.2 Å². The monoisotopic (exact) mass is 516 g/mol. The minimum absolute atomic E-state index is 0.0897. The Morgan fingerprint density at radius 2 is 1.89 bits per heavy atom. The van der Waals surface area contributed by atoms with Crippen LogP contribution in [0.2, 0.25) is 0 Å². The fourth-order valence-corrected chi connectivity index (χ4v) is 5.51. The third-order valence-electron chi connectivity index (χ3n) is 7.80. The van der Waals surface area contributed by atoms with Crippen molar-refractivity contribution in [1.29, 1.82) is 0 Å². The first-order valence-electron chi connectivity index (χ1n) is 13.1. The van der Waals surface area contributed by atoms with Crippen molar-refractivity contribution in [3.8, 4) is 0 Å². The zero-order chi connectivity index (χ0) is 28.4. The van der Waals surface area contributed by atoms with E-state index >= 15 is 0 Å². The molecule has 1 aliphatic carbocycles. The number of carbonyl (C=O) groups excluding carboxylic acids is 3. The molecule has 0 amide bonds. The lowest BCUT2D eigenvalue weighted by molar-refractivity contribution is -0.170. The number of carbonyl (C=O) groups is 3. The number of hydroxylamine groups is 2. The molecule has 1 heterocycles. The number of aryl methyl sites for hydroxylation is 2. The van der Waals surface area contributed by atoms with Crippen LogP contribution in [0.1, 0.15) is 61.8 Å². The van der Waals surface area contributed by atoms with Crippen molar-refractivity contribution in [2.75, 3.05) is 7.05 Å². The molecule has 0 fully saturated rings. The van der Waals surface area contributed by atoms with Crippen LogP contribution in [0.25, 0.3) is 10.9 Å². The van der Waals surface area contributed by atoms with E-state index in [2.05, 4.69) is 38.0 Å². The summed E-state index contributed by atoms with van der Waals surface area (Å²) in [6, 6.07) is 3.84. The Hall–Kier alpha value is -3.67. The van der Waals surface area contributed by atoms with Crippen molar-refractivity contribution < 1.29 is 19.2 Å². The Bertz CT molecular complexity index is 1370. The molecule has 0 radical (unpaired) electrons. The number of Topliss-reactive ketones (excluding diaryl/α,β-unsaturated/α-hetero) is 2. The number of ketones is 2. The van der Waals surface area contributed by atoms with Gasteiger partial charge in [0.2, 0.25) is 0 Å². The highest BCUT2D eigenvalue weighted by molar-refractivity contribution is 6.10. The molecule has 1 aliphatic rings. The van der Waals surface area contributed by atoms with E-state index in [1.165, 1.54) is 18.2 Å². The molecule has 0 aliphatic heterocycles. The Morgan fingerprint density at radius 1 is 1.21 bits per heavy atom. The summed E-state index contributed by atoms with van der Waals surface area (Å²) in [6.45, 7) is 18.1. The first-order chi connectivity index (χ1) is 17.8.